The molecule has 1 aliphatic heterocycles. The first kappa shape index (κ1) is 84.2. The summed E-state index contributed by atoms with van der Waals surface area (Å²) in [5.74, 6) is 3.91. The van der Waals surface area contributed by atoms with Crippen LogP contribution in [0.2, 0.25) is 0 Å². The minimum absolute atomic E-state index is 0. The number of aromatic amines is 1. The fourth-order valence-corrected chi connectivity index (χ4v) is 13.5. The molecule has 1 N–H and O–H groups in total. The van der Waals surface area contributed by atoms with Gasteiger partial charge in [0.15, 0.2) is 17.2 Å². The average molecular weight is 1850 g/mol. The zero-order valence-corrected chi connectivity index (χ0v) is 71.6. The molecule has 0 saturated heterocycles. The molecule has 0 unspecified atom stereocenters. The Morgan fingerprint density at radius 1 is 0.204 bits per heavy atom. The summed E-state index contributed by atoms with van der Waals surface area (Å²) in [7, 11) is 0. The summed E-state index contributed by atoms with van der Waals surface area (Å²) in [5.41, 5.74) is 26.7. The molecule has 0 atom stereocenters. The van der Waals surface area contributed by atoms with Gasteiger partial charge in [0.25, 0.3) is 0 Å². The zero-order chi connectivity index (χ0) is 78.0. The van der Waals surface area contributed by atoms with Gasteiger partial charge in [0, 0.05) is 220 Å². The summed E-state index contributed by atoms with van der Waals surface area (Å²) in [6.07, 6.45) is 0. The summed E-state index contributed by atoms with van der Waals surface area (Å²) in [6.45, 7) is 0. The number of nitrogens with zero attached hydrogens (tertiary/aromatic N) is 7. The van der Waals surface area contributed by atoms with E-state index < -0.39 is 17.2 Å². The largest absolute Gasteiger partial charge is 0.642 e. The SMILES string of the molecule is ClC(Cl)Cl.ClC(Cl)Cl.ClC(Cl)Cl.ClC(Cl)Cl.[Nd].c1ccc(-c2c3ccc([n-]3)[c+](-c3ccccc3)c3ccc([n-]3)[c+](-c3ccccc3)c3ccc([n-]3)c(-c3ccccc3)c3ccc2[nH]3)cc1.c1ccc([C+]2c3ccc([n-]3)[C+](c3ccccc3)c3ccc([n-]3)[C+](c3ccccc3)c3ccc([n-]3)[C+](c3ccccc3)c3ccc2[n-]3)cc1. The maximum atomic E-state index is 5.33. The van der Waals surface area contributed by atoms with Crippen molar-refractivity contribution in [2.24, 2.45) is 0 Å². The summed E-state index contributed by atoms with van der Waals surface area (Å²) in [4.78, 5) is 41.0. The third-order valence-electron chi connectivity index (χ3n) is 17.8. The van der Waals surface area contributed by atoms with E-state index in [1.807, 2.05) is 48.5 Å². The molecule has 21 heteroatoms. The molecule has 0 fully saturated rings. The van der Waals surface area contributed by atoms with Crippen molar-refractivity contribution in [1.82, 2.24) is 39.9 Å². The van der Waals surface area contributed by atoms with E-state index in [9.17, 15) is 0 Å². The number of hydrogen-bond donors (Lipinski definition) is 1. The van der Waals surface area contributed by atoms with E-state index in [4.69, 9.17) is 174 Å². The molecule has 10 heterocycles. The van der Waals surface area contributed by atoms with Gasteiger partial charge < -0.3 is 39.9 Å². The molecular formula is C92H61Cl12N8Nd-. The quantitative estimate of drug-likeness (QED) is 0.119. The Hall–Kier alpha value is -8.21. The molecule has 17 aromatic rings. The van der Waals surface area contributed by atoms with Crippen LogP contribution in [0.4, 0.5) is 0 Å². The van der Waals surface area contributed by atoms with Crippen molar-refractivity contribution in [3.63, 3.8) is 0 Å². The third-order valence-corrected chi connectivity index (χ3v) is 17.8. The van der Waals surface area contributed by atoms with Gasteiger partial charge in [-0.25, -0.2) is 0 Å². The van der Waals surface area contributed by atoms with E-state index in [1.54, 1.807) is 0 Å². The smallest absolute Gasteiger partial charge is 0.180 e. The maximum Gasteiger partial charge on any atom is 0.180 e. The molecule has 8 nitrogen and oxygen atoms in total. The van der Waals surface area contributed by atoms with Crippen LogP contribution >= 0.6 is 139 Å². The van der Waals surface area contributed by atoms with Crippen molar-refractivity contribution in [2.45, 2.75) is 17.2 Å². The van der Waals surface area contributed by atoms with Crippen molar-refractivity contribution in [3.8, 4) is 44.5 Å². The molecule has 18 rings (SSSR count). The topological polar surface area (TPSA) is 114 Å². The van der Waals surface area contributed by atoms with E-state index in [2.05, 4.69) is 296 Å². The molecule has 0 amide bonds. The van der Waals surface area contributed by atoms with Gasteiger partial charge in [0.2, 0.25) is 0 Å². The number of hydrogen-bond acceptors (Lipinski definition) is 0. The molecule has 113 heavy (non-hydrogen) atoms. The molecule has 0 radical (unpaired) electrons. The van der Waals surface area contributed by atoms with Crippen LogP contribution in [0, 0.1) is 64.5 Å². The molecule has 8 aromatic carbocycles. The van der Waals surface area contributed by atoms with Gasteiger partial charge in [-0.3, -0.25) is 0 Å². The first-order chi connectivity index (χ1) is 54.5. The van der Waals surface area contributed by atoms with Crippen LogP contribution in [-0.2, 0) is 0 Å². The number of halogens is 12. The van der Waals surface area contributed by atoms with Crippen molar-refractivity contribution in [3.05, 3.63) is 431 Å². The second-order valence-corrected chi connectivity index (χ2v) is 32.6. The zero-order valence-electron chi connectivity index (χ0n) is 59.3. The summed E-state index contributed by atoms with van der Waals surface area (Å²) in [6, 6.07) is 117. The van der Waals surface area contributed by atoms with E-state index in [1.165, 1.54) is 0 Å². The molecule has 558 valence electrons. The van der Waals surface area contributed by atoms with Crippen LogP contribution in [-0.4, -0.2) is 22.2 Å². The van der Waals surface area contributed by atoms with Gasteiger partial charge >= 0.3 is 0 Å². The van der Waals surface area contributed by atoms with Gasteiger partial charge in [0.1, 0.15) is 0 Å². The second-order valence-electron chi connectivity index (χ2n) is 24.7. The number of aromatic nitrogens is 8. The third kappa shape index (κ3) is 21.5. The predicted molar refractivity (Wildman–Crippen MR) is 471 cm³/mol. The predicted octanol–water partition coefficient (Wildman–Crippen LogP) is 26.7. The van der Waals surface area contributed by atoms with Crippen molar-refractivity contribution >= 4 is 183 Å². The Kier molecular flexibility index (Phi) is 30.5. The van der Waals surface area contributed by atoms with Gasteiger partial charge in [-0.2, -0.15) is 0 Å². The van der Waals surface area contributed by atoms with E-state index in [-0.39, 0.29) is 40.8 Å². The Balaban J connectivity index is 0.000000175. The Morgan fingerprint density at radius 3 is 0.628 bits per heavy atom. The number of fused-ring (bicyclic) bond motifs is 16. The van der Waals surface area contributed by atoms with Gasteiger partial charge in [0.05, 0.1) is 33.4 Å². The number of H-pyrrole nitrogens is 1. The second kappa shape index (κ2) is 40.9. The molecule has 9 aromatic heterocycles. The van der Waals surface area contributed by atoms with E-state index in [0.29, 0.717) is 0 Å². The van der Waals surface area contributed by atoms with Crippen molar-refractivity contribution < 1.29 is 40.8 Å². The molecule has 16 bridgehead atoms. The summed E-state index contributed by atoms with van der Waals surface area (Å²) in [5, 5.41) is 0. The van der Waals surface area contributed by atoms with Crippen LogP contribution < -0.4 is 34.9 Å². The molecular weight excluding hydrogens is 1790 g/mol. The van der Waals surface area contributed by atoms with Gasteiger partial charge in [-0.15, -0.1) is 11.0 Å². The number of alkyl halides is 12. The first-order valence-electron chi connectivity index (χ1n) is 34.8. The Bertz CT molecular complexity index is 4980. The Labute approximate surface area is 748 Å². The molecule has 0 spiro atoms. The first-order valence-corrected chi connectivity index (χ1v) is 40.1. The van der Waals surface area contributed by atoms with Crippen LogP contribution in [0.3, 0.4) is 0 Å². The monoisotopic (exact) mass is 1840 g/mol. The van der Waals surface area contributed by atoms with Crippen molar-refractivity contribution in [2.75, 3.05) is 0 Å². The van der Waals surface area contributed by atoms with Crippen LogP contribution in [0.1, 0.15) is 67.8 Å². The molecule has 0 saturated carbocycles. The number of benzene rings is 8. The molecule has 1 aliphatic rings. The van der Waals surface area contributed by atoms with E-state index >= 15 is 0 Å². The number of rotatable bonds is 8. The normalized spacial score (nSPS) is 11.5. The minimum atomic E-state index is -0.750. The average Bonchev–Trinajstić information content (AvgIpc) is 1.62. The fraction of sp³-hybridized carbons (Fsp3) is 0.0435. The minimum Gasteiger partial charge on any atom is -0.642 e. The van der Waals surface area contributed by atoms with Crippen LogP contribution in [0.25, 0.3) is 88.6 Å². The summed E-state index contributed by atoms with van der Waals surface area (Å²) >= 11 is 57.7. The fourth-order valence-electron chi connectivity index (χ4n) is 13.5. The standard InChI is InChI=1S/C44H29N4.C44H28N4.4CHCl3.Nd/c2*1-5-13-29(14-6-1)41-33-21-23-35(45-33)42(30-15-7-2-8-16-30)37-25-27-39(47-37)44(32-19-11-4-12-20-32)40-28-26-38(48-40)43(31-17-9-3-10-18-31)36-24-22-34(41)46-36;4*2-1(3)4;/h1-28,45H;1-28H;4*1H;/q-1;;;;;;. The number of nitrogens with one attached hydrogen (secondary N) is 1. The van der Waals surface area contributed by atoms with Crippen molar-refractivity contribution in [1.29, 1.82) is 0 Å². The Morgan fingerprint density at radius 2 is 0.398 bits per heavy atom. The summed E-state index contributed by atoms with van der Waals surface area (Å²) < 4.78 is -3.00. The maximum absolute atomic E-state index is 5.33. The molecule has 0 aliphatic carbocycles. The van der Waals surface area contributed by atoms with E-state index in [0.717, 1.165) is 180 Å². The van der Waals surface area contributed by atoms with Crippen LogP contribution in [0.5, 0.6) is 0 Å². The van der Waals surface area contributed by atoms with Crippen LogP contribution in [0.15, 0.2) is 340 Å². The van der Waals surface area contributed by atoms with Gasteiger partial charge in [-0.1, -0.05) is 211 Å². The van der Waals surface area contributed by atoms with Gasteiger partial charge in [-0.05, 0) is 224 Å².